The topological polar surface area (TPSA) is 64.0 Å². The first kappa shape index (κ1) is 19.8. The van der Waals surface area contributed by atoms with Crippen LogP contribution in [0.5, 0.6) is 0 Å². The third-order valence-corrected chi connectivity index (χ3v) is 4.93. The Bertz CT molecular complexity index is 805. The molecule has 0 radical (unpaired) electrons. The van der Waals surface area contributed by atoms with Crippen LogP contribution in [-0.4, -0.2) is 27.8 Å². The Balaban J connectivity index is 2.35. The highest BCUT2D eigenvalue weighted by Crippen LogP contribution is 2.21. The summed E-state index contributed by atoms with van der Waals surface area (Å²) < 4.78 is 1.67. The lowest BCUT2D eigenvalue weighted by Crippen LogP contribution is -2.27. The Labute approximate surface area is 157 Å². The second-order valence-electron chi connectivity index (χ2n) is 6.33. The molecule has 0 aliphatic carbocycles. The van der Waals surface area contributed by atoms with E-state index in [-0.39, 0.29) is 17.2 Å². The summed E-state index contributed by atoms with van der Waals surface area (Å²) in [7, 11) is 0. The minimum Gasteiger partial charge on any atom is -0.355 e. The molecule has 1 aromatic heterocycles. The Kier molecular flexibility index (Phi) is 7.32. The van der Waals surface area contributed by atoms with Crippen LogP contribution in [0.25, 0.3) is 10.9 Å². The van der Waals surface area contributed by atoms with Crippen molar-refractivity contribution in [3.63, 3.8) is 0 Å². The van der Waals surface area contributed by atoms with Crippen LogP contribution in [0, 0.1) is 5.92 Å². The number of hydrogen-bond donors (Lipinski definition) is 1. The predicted molar refractivity (Wildman–Crippen MR) is 104 cm³/mol. The quantitative estimate of drug-likeness (QED) is 0.559. The molecule has 1 amide bonds. The second kappa shape index (κ2) is 9.25. The van der Waals surface area contributed by atoms with E-state index in [1.165, 1.54) is 11.8 Å². The number of nitrogens with one attached hydrogen (secondary N) is 1. The van der Waals surface area contributed by atoms with E-state index in [4.69, 9.17) is 11.6 Å². The van der Waals surface area contributed by atoms with Gasteiger partial charge in [0, 0.05) is 18.1 Å². The molecule has 5 nitrogen and oxygen atoms in total. The molecule has 1 aromatic carbocycles. The lowest BCUT2D eigenvalue weighted by Gasteiger charge is -2.14. The highest BCUT2D eigenvalue weighted by Gasteiger charge is 2.14. The zero-order valence-corrected chi connectivity index (χ0v) is 16.4. The maximum absolute atomic E-state index is 12.9. The van der Waals surface area contributed by atoms with E-state index in [9.17, 15) is 9.59 Å². The molecule has 0 unspecified atom stereocenters. The van der Waals surface area contributed by atoms with Gasteiger partial charge in [0.2, 0.25) is 5.91 Å². The molecule has 0 aliphatic heterocycles. The van der Waals surface area contributed by atoms with Crippen LogP contribution >= 0.6 is 23.4 Å². The van der Waals surface area contributed by atoms with Crippen molar-refractivity contribution in [3.8, 4) is 0 Å². The first-order valence-electron chi connectivity index (χ1n) is 8.52. The fourth-order valence-electron chi connectivity index (χ4n) is 2.31. The molecule has 1 N–H and O–H groups in total. The monoisotopic (exact) mass is 381 g/mol. The normalized spacial score (nSPS) is 11.2. The van der Waals surface area contributed by atoms with Crippen LogP contribution in [-0.2, 0) is 11.3 Å². The number of halogens is 1. The number of fused-ring (bicyclic) bond motifs is 1. The number of carbonyl (C=O) groups excluding carboxylic acids is 1. The van der Waals surface area contributed by atoms with Gasteiger partial charge in [0.25, 0.3) is 5.56 Å². The number of hydrogen-bond acceptors (Lipinski definition) is 4. The van der Waals surface area contributed by atoms with Gasteiger partial charge < -0.3 is 5.32 Å². The standard InChI is InChI=1S/C18H24ClN3O2S/c1-4-8-20-16(23)11-25-18-21-15-10-13(19)5-6-14(15)17(24)22(18)9-7-12(2)3/h5-6,10,12H,4,7-9,11H2,1-3H3,(H,20,23). The minimum absolute atomic E-state index is 0.0531. The summed E-state index contributed by atoms with van der Waals surface area (Å²) in [5, 5.41) is 4.49. The lowest BCUT2D eigenvalue weighted by molar-refractivity contribution is -0.118. The molecule has 0 atom stereocenters. The van der Waals surface area contributed by atoms with Gasteiger partial charge in [0.1, 0.15) is 0 Å². The highest BCUT2D eigenvalue weighted by molar-refractivity contribution is 7.99. The summed E-state index contributed by atoms with van der Waals surface area (Å²) in [5.74, 6) is 0.654. The Morgan fingerprint density at radius 2 is 2.16 bits per heavy atom. The molecular formula is C18H24ClN3O2S. The third kappa shape index (κ3) is 5.47. The predicted octanol–water partition coefficient (Wildman–Crippen LogP) is 3.71. The zero-order valence-electron chi connectivity index (χ0n) is 14.8. The average Bonchev–Trinajstić information content (AvgIpc) is 2.56. The van der Waals surface area contributed by atoms with Crippen LogP contribution in [0.3, 0.4) is 0 Å². The van der Waals surface area contributed by atoms with Gasteiger partial charge >= 0.3 is 0 Å². The average molecular weight is 382 g/mol. The molecule has 1 heterocycles. The number of aromatic nitrogens is 2. The first-order valence-corrected chi connectivity index (χ1v) is 9.88. The maximum atomic E-state index is 12.9. The minimum atomic E-state index is -0.0845. The second-order valence-corrected chi connectivity index (χ2v) is 7.71. The molecule has 0 saturated heterocycles. The molecule has 0 saturated carbocycles. The van der Waals surface area contributed by atoms with Crippen molar-refractivity contribution in [1.29, 1.82) is 0 Å². The summed E-state index contributed by atoms with van der Waals surface area (Å²) in [6.07, 6.45) is 1.76. The van der Waals surface area contributed by atoms with Gasteiger partial charge in [-0.05, 0) is 37.0 Å². The SMILES string of the molecule is CCCNC(=O)CSc1nc2cc(Cl)ccc2c(=O)n1CCC(C)C. The fourth-order valence-corrected chi connectivity index (χ4v) is 3.34. The van der Waals surface area contributed by atoms with E-state index in [1.807, 2.05) is 6.92 Å². The molecular weight excluding hydrogens is 358 g/mol. The first-order chi connectivity index (χ1) is 11.9. The van der Waals surface area contributed by atoms with Gasteiger partial charge in [-0.3, -0.25) is 14.2 Å². The largest absolute Gasteiger partial charge is 0.355 e. The number of carbonyl (C=O) groups is 1. The van der Waals surface area contributed by atoms with Gasteiger partial charge in [-0.25, -0.2) is 4.98 Å². The van der Waals surface area contributed by atoms with Crippen molar-refractivity contribution in [2.75, 3.05) is 12.3 Å². The molecule has 0 bridgehead atoms. The van der Waals surface area contributed by atoms with Crippen LogP contribution in [0.4, 0.5) is 0 Å². The van der Waals surface area contributed by atoms with Crippen molar-refractivity contribution in [3.05, 3.63) is 33.6 Å². The molecule has 0 fully saturated rings. The molecule has 136 valence electrons. The highest BCUT2D eigenvalue weighted by atomic mass is 35.5. The lowest BCUT2D eigenvalue weighted by atomic mass is 10.1. The Morgan fingerprint density at radius 1 is 1.40 bits per heavy atom. The molecule has 0 spiro atoms. The van der Waals surface area contributed by atoms with Crippen LogP contribution in [0.1, 0.15) is 33.6 Å². The van der Waals surface area contributed by atoms with Crippen LogP contribution in [0.2, 0.25) is 5.02 Å². The van der Waals surface area contributed by atoms with E-state index in [0.29, 0.717) is 40.1 Å². The van der Waals surface area contributed by atoms with Crippen molar-refractivity contribution < 1.29 is 4.79 Å². The molecule has 25 heavy (non-hydrogen) atoms. The molecule has 7 heteroatoms. The summed E-state index contributed by atoms with van der Waals surface area (Å²) in [6, 6.07) is 5.10. The number of nitrogens with zero attached hydrogens (tertiary/aromatic N) is 2. The molecule has 2 rings (SSSR count). The fraction of sp³-hybridized carbons (Fsp3) is 0.500. The summed E-state index contributed by atoms with van der Waals surface area (Å²) >= 11 is 7.32. The summed E-state index contributed by atoms with van der Waals surface area (Å²) in [4.78, 5) is 29.3. The smallest absolute Gasteiger partial charge is 0.262 e. The van der Waals surface area contributed by atoms with Crippen molar-refractivity contribution >= 4 is 40.2 Å². The van der Waals surface area contributed by atoms with E-state index in [1.54, 1.807) is 22.8 Å². The van der Waals surface area contributed by atoms with Gasteiger partial charge in [-0.1, -0.05) is 44.1 Å². The van der Waals surface area contributed by atoms with Gasteiger partial charge in [0.15, 0.2) is 5.16 Å². The number of rotatable bonds is 8. The number of amides is 1. The third-order valence-electron chi connectivity index (χ3n) is 3.72. The van der Waals surface area contributed by atoms with Gasteiger partial charge in [-0.15, -0.1) is 0 Å². The molecule has 2 aromatic rings. The molecule has 0 aliphatic rings. The maximum Gasteiger partial charge on any atom is 0.262 e. The van der Waals surface area contributed by atoms with E-state index in [0.717, 1.165) is 12.8 Å². The number of thioether (sulfide) groups is 1. The van der Waals surface area contributed by atoms with Gasteiger partial charge in [0.05, 0.1) is 16.7 Å². The Hall–Kier alpha value is -1.53. The number of benzene rings is 1. The van der Waals surface area contributed by atoms with Crippen molar-refractivity contribution in [2.24, 2.45) is 5.92 Å². The van der Waals surface area contributed by atoms with E-state index < -0.39 is 0 Å². The van der Waals surface area contributed by atoms with E-state index in [2.05, 4.69) is 24.1 Å². The van der Waals surface area contributed by atoms with Crippen molar-refractivity contribution in [1.82, 2.24) is 14.9 Å². The Morgan fingerprint density at radius 3 is 2.84 bits per heavy atom. The van der Waals surface area contributed by atoms with Crippen LogP contribution in [0.15, 0.2) is 28.2 Å². The zero-order chi connectivity index (χ0) is 18.4. The van der Waals surface area contributed by atoms with Gasteiger partial charge in [-0.2, -0.15) is 0 Å². The van der Waals surface area contributed by atoms with Crippen molar-refractivity contribution in [2.45, 2.75) is 45.3 Å². The van der Waals surface area contributed by atoms with Crippen LogP contribution < -0.4 is 10.9 Å². The summed E-state index contributed by atoms with van der Waals surface area (Å²) in [5.41, 5.74) is 0.480. The summed E-state index contributed by atoms with van der Waals surface area (Å²) in [6.45, 7) is 7.47. The van der Waals surface area contributed by atoms with E-state index >= 15 is 0 Å².